The number of ether oxygens (including phenoxy) is 3. The standard InChI is InChI=1S/C22H16N2O6/c25-22(17-12-20(30-24-17)14-4-2-1-3-5-14)28-13-16-11-19(29-23-16)15-6-7-18-21(10-15)27-9-8-26-18/h1-7,10-12H,8-9,13H2. The summed E-state index contributed by atoms with van der Waals surface area (Å²) in [6.07, 6.45) is 0. The third kappa shape index (κ3) is 3.62. The van der Waals surface area contributed by atoms with Gasteiger partial charge in [0.2, 0.25) is 0 Å². The molecular formula is C22H16N2O6. The van der Waals surface area contributed by atoms with E-state index >= 15 is 0 Å². The number of carbonyl (C=O) groups excluding carboxylic acids is 1. The zero-order valence-electron chi connectivity index (χ0n) is 15.7. The number of fused-ring (bicyclic) bond motifs is 1. The average molecular weight is 404 g/mol. The summed E-state index contributed by atoms with van der Waals surface area (Å²) >= 11 is 0. The van der Waals surface area contributed by atoms with Gasteiger partial charge in [-0.05, 0) is 18.2 Å². The molecule has 1 aliphatic heterocycles. The van der Waals surface area contributed by atoms with E-state index < -0.39 is 5.97 Å². The minimum Gasteiger partial charge on any atom is -0.486 e. The predicted molar refractivity (Wildman–Crippen MR) is 104 cm³/mol. The molecule has 0 aliphatic carbocycles. The van der Waals surface area contributed by atoms with Gasteiger partial charge in [0.1, 0.15) is 25.5 Å². The van der Waals surface area contributed by atoms with E-state index in [4.69, 9.17) is 23.3 Å². The molecule has 0 saturated carbocycles. The first-order valence-corrected chi connectivity index (χ1v) is 9.31. The van der Waals surface area contributed by atoms with Crippen molar-refractivity contribution < 1.29 is 28.1 Å². The Bertz CT molecular complexity index is 1180. The summed E-state index contributed by atoms with van der Waals surface area (Å²) in [5, 5.41) is 7.73. The van der Waals surface area contributed by atoms with Crippen LogP contribution in [-0.4, -0.2) is 29.5 Å². The lowest BCUT2D eigenvalue weighted by atomic mass is 10.1. The van der Waals surface area contributed by atoms with Gasteiger partial charge in [-0.1, -0.05) is 40.6 Å². The van der Waals surface area contributed by atoms with E-state index in [1.165, 1.54) is 0 Å². The highest BCUT2D eigenvalue weighted by molar-refractivity contribution is 5.88. The summed E-state index contributed by atoms with van der Waals surface area (Å²) < 4.78 is 27.0. The van der Waals surface area contributed by atoms with Crippen molar-refractivity contribution >= 4 is 5.97 Å². The Morgan fingerprint density at radius 1 is 0.833 bits per heavy atom. The van der Waals surface area contributed by atoms with Crippen molar-refractivity contribution in [1.29, 1.82) is 0 Å². The number of rotatable bonds is 5. The summed E-state index contributed by atoms with van der Waals surface area (Å²) in [7, 11) is 0. The number of aromatic nitrogens is 2. The van der Waals surface area contributed by atoms with Crippen molar-refractivity contribution in [3.05, 3.63) is 72.1 Å². The largest absolute Gasteiger partial charge is 0.486 e. The van der Waals surface area contributed by atoms with Crippen LogP contribution in [0.3, 0.4) is 0 Å². The summed E-state index contributed by atoms with van der Waals surface area (Å²) in [6.45, 7) is 0.977. The van der Waals surface area contributed by atoms with Crippen LogP contribution in [0.4, 0.5) is 0 Å². The second-order valence-corrected chi connectivity index (χ2v) is 6.56. The molecular weight excluding hydrogens is 388 g/mol. The molecule has 3 heterocycles. The highest BCUT2D eigenvalue weighted by atomic mass is 16.6. The Morgan fingerprint density at radius 2 is 1.60 bits per heavy atom. The Kier molecular flexibility index (Phi) is 4.65. The zero-order chi connectivity index (χ0) is 20.3. The van der Waals surface area contributed by atoms with Crippen LogP contribution in [0, 0.1) is 0 Å². The summed E-state index contributed by atoms with van der Waals surface area (Å²) in [4.78, 5) is 12.3. The van der Waals surface area contributed by atoms with Crippen molar-refractivity contribution in [1.82, 2.24) is 10.3 Å². The molecule has 30 heavy (non-hydrogen) atoms. The van der Waals surface area contributed by atoms with Gasteiger partial charge in [0.25, 0.3) is 0 Å². The molecule has 0 bridgehead atoms. The lowest BCUT2D eigenvalue weighted by molar-refractivity contribution is 0.0452. The van der Waals surface area contributed by atoms with Crippen molar-refractivity contribution in [3.63, 3.8) is 0 Å². The van der Waals surface area contributed by atoms with E-state index in [0.717, 1.165) is 11.1 Å². The van der Waals surface area contributed by atoms with E-state index in [1.807, 2.05) is 48.5 Å². The smallest absolute Gasteiger partial charge is 0.360 e. The van der Waals surface area contributed by atoms with E-state index in [1.54, 1.807) is 12.1 Å². The second kappa shape index (κ2) is 7.75. The lowest BCUT2D eigenvalue weighted by Crippen LogP contribution is -2.15. The summed E-state index contributed by atoms with van der Waals surface area (Å²) in [5.74, 6) is 1.77. The van der Waals surface area contributed by atoms with Gasteiger partial charge in [0.05, 0.1) is 0 Å². The fourth-order valence-corrected chi connectivity index (χ4v) is 3.04. The zero-order valence-corrected chi connectivity index (χ0v) is 15.7. The van der Waals surface area contributed by atoms with Gasteiger partial charge in [-0.15, -0.1) is 0 Å². The summed E-state index contributed by atoms with van der Waals surface area (Å²) in [5.41, 5.74) is 2.17. The molecule has 5 rings (SSSR count). The predicted octanol–water partition coefficient (Wildman–Crippen LogP) is 4.12. The van der Waals surface area contributed by atoms with Crippen molar-refractivity contribution in [2.45, 2.75) is 6.61 Å². The SMILES string of the molecule is O=C(OCc1cc(-c2ccc3c(c2)OCCO3)on1)c1cc(-c2ccccc2)on1. The number of benzene rings is 2. The lowest BCUT2D eigenvalue weighted by Gasteiger charge is -2.18. The molecule has 150 valence electrons. The van der Waals surface area contributed by atoms with Crippen molar-refractivity contribution in [2.24, 2.45) is 0 Å². The number of hydrogen-bond donors (Lipinski definition) is 0. The molecule has 0 atom stereocenters. The average Bonchev–Trinajstić information content (AvgIpc) is 3.48. The highest BCUT2D eigenvalue weighted by Gasteiger charge is 2.18. The van der Waals surface area contributed by atoms with Crippen molar-refractivity contribution in [3.8, 4) is 34.1 Å². The maximum Gasteiger partial charge on any atom is 0.360 e. The molecule has 0 N–H and O–H groups in total. The molecule has 2 aromatic heterocycles. The van der Waals surface area contributed by atoms with E-state index in [0.29, 0.717) is 41.9 Å². The van der Waals surface area contributed by atoms with Crippen LogP contribution < -0.4 is 9.47 Å². The van der Waals surface area contributed by atoms with Gasteiger partial charge >= 0.3 is 5.97 Å². The minimum absolute atomic E-state index is 0.0551. The van der Waals surface area contributed by atoms with Crippen LogP contribution in [0.1, 0.15) is 16.2 Å². The number of hydrogen-bond acceptors (Lipinski definition) is 8. The minimum atomic E-state index is -0.607. The monoisotopic (exact) mass is 404 g/mol. The van der Waals surface area contributed by atoms with E-state index in [9.17, 15) is 4.79 Å². The molecule has 0 fully saturated rings. The maximum absolute atomic E-state index is 12.3. The third-order valence-corrected chi connectivity index (χ3v) is 4.51. The Hall–Kier alpha value is -4.07. The van der Waals surface area contributed by atoms with Gasteiger partial charge in [-0.25, -0.2) is 4.79 Å². The second-order valence-electron chi connectivity index (χ2n) is 6.56. The molecule has 8 heteroatoms. The van der Waals surface area contributed by atoms with Crippen molar-refractivity contribution in [2.75, 3.05) is 13.2 Å². The first kappa shape index (κ1) is 18.0. The van der Waals surface area contributed by atoms with Crippen LogP contribution in [-0.2, 0) is 11.3 Å². The summed E-state index contributed by atoms with van der Waals surface area (Å²) in [6, 6.07) is 18.1. The highest BCUT2D eigenvalue weighted by Crippen LogP contribution is 2.34. The van der Waals surface area contributed by atoms with E-state index in [-0.39, 0.29) is 12.3 Å². The van der Waals surface area contributed by atoms with Crippen LogP contribution in [0.2, 0.25) is 0 Å². The Labute approximate surface area is 170 Å². The molecule has 4 aromatic rings. The first-order chi connectivity index (χ1) is 14.8. The first-order valence-electron chi connectivity index (χ1n) is 9.31. The Morgan fingerprint density at radius 3 is 2.47 bits per heavy atom. The molecule has 0 saturated heterocycles. The van der Waals surface area contributed by atoms with Crippen LogP contribution in [0.5, 0.6) is 11.5 Å². The fourth-order valence-electron chi connectivity index (χ4n) is 3.04. The van der Waals surface area contributed by atoms with Gasteiger partial charge in [-0.2, -0.15) is 0 Å². The Balaban J connectivity index is 1.24. The van der Waals surface area contributed by atoms with Gasteiger partial charge in [-0.3, -0.25) is 0 Å². The van der Waals surface area contributed by atoms with Crippen LogP contribution in [0.15, 0.2) is 69.7 Å². The topological polar surface area (TPSA) is 96.8 Å². The number of esters is 1. The molecule has 1 aliphatic rings. The quantitative estimate of drug-likeness (QED) is 0.458. The van der Waals surface area contributed by atoms with E-state index in [2.05, 4.69) is 10.3 Å². The number of nitrogens with zero attached hydrogens (tertiary/aromatic N) is 2. The normalized spacial score (nSPS) is 12.5. The maximum atomic E-state index is 12.3. The fraction of sp³-hybridized carbons (Fsp3) is 0.136. The molecule has 0 amide bonds. The van der Waals surface area contributed by atoms with Crippen LogP contribution in [0.25, 0.3) is 22.6 Å². The molecule has 2 aromatic carbocycles. The van der Waals surface area contributed by atoms with Crippen LogP contribution >= 0.6 is 0 Å². The number of carbonyl (C=O) groups is 1. The molecule has 0 spiro atoms. The molecule has 0 radical (unpaired) electrons. The van der Waals surface area contributed by atoms with Gasteiger partial charge in [0, 0.05) is 23.3 Å². The van der Waals surface area contributed by atoms with Gasteiger partial charge in [0.15, 0.2) is 28.7 Å². The molecule has 8 nitrogen and oxygen atoms in total. The third-order valence-electron chi connectivity index (χ3n) is 4.51. The van der Waals surface area contributed by atoms with Gasteiger partial charge < -0.3 is 23.3 Å². The molecule has 0 unspecified atom stereocenters.